The van der Waals surface area contributed by atoms with Crippen LogP contribution >= 0.6 is 0 Å². The molecule has 6 nitrogen and oxygen atoms in total. The van der Waals surface area contributed by atoms with Crippen molar-refractivity contribution in [1.29, 1.82) is 0 Å². The number of esters is 1. The van der Waals surface area contributed by atoms with Gasteiger partial charge in [0.25, 0.3) is 0 Å². The summed E-state index contributed by atoms with van der Waals surface area (Å²) in [6.07, 6.45) is 11.2. The van der Waals surface area contributed by atoms with Crippen LogP contribution in [0.3, 0.4) is 0 Å². The first-order chi connectivity index (χ1) is 16.4. The Morgan fingerprint density at radius 2 is 1.91 bits per heavy atom. The Morgan fingerprint density at radius 3 is 2.62 bits per heavy atom. The number of unbranched alkanes of at least 4 members (excludes halogenated alkanes) is 1. The summed E-state index contributed by atoms with van der Waals surface area (Å²) in [6, 6.07) is 10.1. The first-order valence-electron chi connectivity index (χ1n) is 12.6. The number of allylic oxidation sites excluding steroid dienone is 2. The predicted octanol–water partition coefficient (Wildman–Crippen LogP) is 4.11. The van der Waals surface area contributed by atoms with Gasteiger partial charge in [-0.1, -0.05) is 55.5 Å². The van der Waals surface area contributed by atoms with Crippen molar-refractivity contribution in [1.82, 2.24) is 5.32 Å². The molecular formula is C28H41NO5. The van der Waals surface area contributed by atoms with Crippen LogP contribution in [0.1, 0.15) is 64.4 Å². The maximum atomic E-state index is 11.9. The molecule has 1 aromatic carbocycles. The quantitative estimate of drug-likeness (QED) is 0.216. The van der Waals surface area contributed by atoms with Gasteiger partial charge in [-0.25, -0.2) is 0 Å². The molecule has 1 amide bonds. The lowest BCUT2D eigenvalue weighted by Crippen LogP contribution is -2.22. The fourth-order valence-electron chi connectivity index (χ4n) is 4.40. The number of benzene rings is 1. The monoisotopic (exact) mass is 471 g/mol. The minimum absolute atomic E-state index is 0.0704. The molecule has 1 fully saturated rings. The zero-order valence-corrected chi connectivity index (χ0v) is 20.6. The van der Waals surface area contributed by atoms with Crippen LogP contribution < -0.4 is 5.32 Å². The molecule has 188 valence electrons. The zero-order chi connectivity index (χ0) is 24.8. The fraction of sp³-hybridized carbons (Fsp3) is 0.571. The van der Waals surface area contributed by atoms with Crippen molar-refractivity contribution in [3.05, 3.63) is 60.2 Å². The molecule has 0 aromatic heterocycles. The van der Waals surface area contributed by atoms with Gasteiger partial charge in [0.05, 0.1) is 12.2 Å². The third-order valence-corrected chi connectivity index (χ3v) is 6.32. The highest BCUT2D eigenvalue weighted by Gasteiger charge is 2.39. The molecule has 3 N–H and O–H groups in total. The van der Waals surface area contributed by atoms with Crippen molar-refractivity contribution in [2.24, 2.45) is 11.8 Å². The van der Waals surface area contributed by atoms with Crippen molar-refractivity contribution >= 4 is 11.9 Å². The van der Waals surface area contributed by atoms with Gasteiger partial charge >= 0.3 is 5.97 Å². The number of aliphatic hydroxyl groups excluding tert-OH is 2. The average molecular weight is 472 g/mol. The summed E-state index contributed by atoms with van der Waals surface area (Å²) in [5.74, 6) is -0.472. The lowest BCUT2D eigenvalue weighted by atomic mass is 9.89. The fourth-order valence-corrected chi connectivity index (χ4v) is 4.40. The van der Waals surface area contributed by atoms with Crippen molar-refractivity contribution in [3.8, 4) is 0 Å². The van der Waals surface area contributed by atoms with E-state index in [4.69, 9.17) is 4.74 Å². The zero-order valence-electron chi connectivity index (χ0n) is 20.6. The minimum atomic E-state index is -0.626. The van der Waals surface area contributed by atoms with Gasteiger partial charge in [0, 0.05) is 31.7 Å². The van der Waals surface area contributed by atoms with Crippen LogP contribution in [0.4, 0.5) is 0 Å². The Kier molecular flexibility index (Phi) is 12.6. The summed E-state index contributed by atoms with van der Waals surface area (Å²) in [7, 11) is 0. The van der Waals surface area contributed by atoms with E-state index in [1.807, 2.05) is 49.4 Å². The van der Waals surface area contributed by atoms with Gasteiger partial charge in [-0.2, -0.15) is 0 Å². The summed E-state index contributed by atoms with van der Waals surface area (Å²) < 4.78 is 5.62. The summed E-state index contributed by atoms with van der Waals surface area (Å²) in [4.78, 5) is 23.4. The van der Waals surface area contributed by atoms with Crippen LogP contribution in [0, 0.1) is 11.8 Å². The van der Waals surface area contributed by atoms with Gasteiger partial charge in [-0.15, -0.1) is 0 Å². The SMILES string of the molecule is CCNC(=O)CCC/C=C\C[C@@H]1[C@@H](/C=C/[C@H](CCc2ccccc2)OC(=O)CC)[C@H](O)C[C@@H]1O. The first kappa shape index (κ1) is 27.8. The highest BCUT2D eigenvalue weighted by molar-refractivity contribution is 5.75. The molecule has 1 saturated carbocycles. The molecule has 34 heavy (non-hydrogen) atoms. The van der Waals surface area contributed by atoms with Crippen LogP contribution in [0.15, 0.2) is 54.6 Å². The van der Waals surface area contributed by atoms with E-state index in [0.29, 0.717) is 38.6 Å². The van der Waals surface area contributed by atoms with Crippen LogP contribution in [-0.4, -0.2) is 46.9 Å². The highest BCUT2D eigenvalue weighted by Crippen LogP contribution is 2.36. The normalized spacial score (nSPS) is 23.4. The topological polar surface area (TPSA) is 95.9 Å². The number of aliphatic hydroxyl groups is 2. The largest absolute Gasteiger partial charge is 0.458 e. The van der Waals surface area contributed by atoms with E-state index in [1.54, 1.807) is 6.92 Å². The maximum Gasteiger partial charge on any atom is 0.306 e. The Balaban J connectivity index is 1.93. The molecule has 0 heterocycles. The average Bonchev–Trinajstić information content (AvgIpc) is 3.10. The van der Waals surface area contributed by atoms with Crippen molar-refractivity contribution in [2.75, 3.05) is 6.54 Å². The number of carbonyl (C=O) groups is 2. The maximum absolute atomic E-state index is 11.9. The molecule has 1 aliphatic carbocycles. The number of hydrogen-bond donors (Lipinski definition) is 3. The Labute approximate surface area is 204 Å². The predicted molar refractivity (Wildman–Crippen MR) is 134 cm³/mol. The summed E-state index contributed by atoms with van der Waals surface area (Å²) in [5.41, 5.74) is 1.18. The summed E-state index contributed by atoms with van der Waals surface area (Å²) >= 11 is 0. The van der Waals surface area contributed by atoms with Crippen LogP contribution in [0.25, 0.3) is 0 Å². The van der Waals surface area contributed by atoms with E-state index in [9.17, 15) is 19.8 Å². The van der Waals surface area contributed by atoms with Crippen molar-refractivity contribution in [2.45, 2.75) is 83.5 Å². The smallest absolute Gasteiger partial charge is 0.306 e. The number of rotatable bonds is 14. The molecule has 5 atom stereocenters. The second kappa shape index (κ2) is 15.5. The van der Waals surface area contributed by atoms with E-state index in [-0.39, 0.29) is 29.8 Å². The van der Waals surface area contributed by atoms with Gasteiger partial charge in [-0.05, 0) is 56.6 Å². The Morgan fingerprint density at radius 1 is 1.15 bits per heavy atom. The van der Waals surface area contributed by atoms with E-state index in [2.05, 4.69) is 17.4 Å². The van der Waals surface area contributed by atoms with E-state index in [0.717, 1.165) is 19.3 Å². The molecule has 0 unspecified atom stereocenters. The van der Waals surface area contributed by atoms with Gasteiger partial charge in [-0.3, -0.25) is 9.59 Å². The van der Waals surface area contributed by atoms with Gasteiger partial charge in [0.1, 0.15) is 6.10 Å². The third-order valence-electron chi connectivity index (χ3n) is 6.32. The number of hydrogen-bond acceptors (Lipinski definition) is 5. The number of nitrogens with one attached hydrogen (secondary N) is 1. The first-order valence-corrected chi connectivity index (χ1v) is 12.6. The molecule has 1 aromatic rings. The Hall–Kier alpha value is -2.44. The minimum Gasteiger partial charge on any atom is -0.458 e. The lowest BCUT2D eigenvalue weighted by molar-refractivity contribution is -0.146. The van der Waals surface area contributed by atoms with Gasteiger partial charge < -0.3 is 20.3 Å². The molecular weight excluding hydrogens is 430 g/mol. The molecule has 6 heteroatoms. The van der Waals surface area contributed by atoms with E-state index in [1.165, 1.54) is 5.56 Å². The second-order valence-electron chi connectivity index (χ2n) is 8.96. The van der Waals surface area contributed by atoms with Gasteiger partial charge in [0.2, 0.25) is 5.91 Å². The molecule has 2 rings (SSSR count). The molecule has 0 radical (unpaired) electrons. The number of ether oxygens (including phenoxy) is 1. The molecule has 0 spiro atoms. The van der Waals surface area contributed by atoms with E-state index >= 15 is 0 Å². The summed E-state index contributed by atoms with van der Waals surface area (Å²) in [5, 5.41) is 23.8. The molecule has 1 aliphatic rings. The summed E-state index contributed by atoms with van der Waals surface area (Å²) in [6.45, 7) is 4.33. The number of amides is 1. The lowest BCUT2D eigenvalue weighted by Gasteiger charge is -2.21. The second-order valence-corrected chi connectivity index (χ2v) is 8.96. The van der Waals surface area contributed by atoms with Gasteiger partial charge in [0.15, 0.2) is 0 Å². The van der Waals surface area contributed by atoms with Crippen LogP contribution in [-0.2, 0) is 20.7 Å². The van der Waals surface area contributed by atoms with E-state index < -0.39 is 12.2 Å². The van der Waals surface area contributed by atoms with Crippen molar-refractivity contribution < 1.29 is 24.5 Å². The number of carbonyl (C=O) groups excluding carboxylic acids is 2. The van der Waals surface area contributed by atoms with Crippen LogP contribution in [0.2, 0.25) is 0 Å². The van der Waals surface area contributed by atoms with Crippen LogP contribution in [0.5, 0.6) is 0 Å². The van der Waals surface area contributed by atoms with Crippen molar-refractivity contribution in [3.63, 3.8) is 0 Å². The molecule has 0 aliphatic heterocycles. The highest BCUT2D eigenvalue weighted by atomic mass is 16.5. The molecule has 0 bridgehead atoms. The Bertz CT molecular complexity index is 791. The number of aryl methyl sites for hydroxylation is 1. The standard InChI is InChI=1S/C28H41NO5/c1-3-28(33)34-22(17-16-21-12-8-7-9-13-21)18-19-24-23(25(30)20-26(24)31)14-10-5-6-11-15-27(32)29-4-2/h5,7-10,12-13,18-19,22-26,30-31H,3-4,6,11,14-17,20H2,1-2H3,(H,29,32)/b10-5-,19-18+/t22-,23+,24+,25-,26+/m0/s1. The third kappa shape index (κ3) is 9.82. The molecule has 0 saturated heterocycles.